The highest BCUT2D eigenvalue weighted by molar-refractivity contribution is 5.94. The minimum absolute atomic E-state index is 0.0558. The maximum atomic E-state index is 11.5. The molecule has 2 aliphatic heterocycles. The van der Waals surface area contributed by atoms with Crippen LogP contribution in [0.2, 0.25) is 0 Å². The molecule has 4 N–H and O–H groups in total. The van der Waals surface area contributed by atoms with E-state index in [-0.39, 0.29) is 12.5 Å². The van der Waals surface area contributed by atoms with Crippen molar-refractivity contribution in [1.82, 2.24) is 10.2 Å². The van der Waals surface area contributed by atoms with E-state index >= 15 is 0 Å². The molecular formula is C9H15N3O3. The Balaban J connectivity index is 2.20. The van der Waals surface area contributed by atoms with Gasteiger partial charge in [0.15, 0.2) is 0 Å². The number of amides is 2. The average molecular weight is 213 g/mol. The van der Waals surface area contributed by atoms with E-state index in [1.54, 1.807) is 4.90 Å². The molecule has 0 bridgehead atoms. The van der Waals surface area contributed by atoms with Crippen molar-refractivity contribution in [3.63, 3.8) is 0 Å². The molecule has 1 spiro atoms. The summed E-state index contributed by atoms with van der Waals surface area (Å²) in [7, 11) is 0. The lowest BCUT2D eigenvalue weighted by Crippen LogP contribution is -2.73. The minimum Gasteiger partial charge on any atom is -0.394 e. The number of nitrogens with two attached hydrogens (primary N) is 1. The molecular weight excluding hydrogens is 198 g/mol. The number of hydrogen-bond acceptors (Lipinski definition) is 4. The molecule has 2 amide bonds. The molecule has 2 aliphatic rings. The zero-order chi connectivity index (χ0) is 11.1. The van der Waals surface area contributed by atoms with Crippen LogP contribution < -0.4 is 11.1 Å². The first-order valence-electron chi connectivity index (χ1n) is 5.07. The van der Waals surface area contributed by atoms with E-state index in [1.165, 1.54) is 0 Å². The molecule has 2 atom stereocenters. The van der Waals surface area contributed by atoms with Crippen molar-refractivity contribution in [2.24, 2.45) is 5.73 Å². The summed E-state index contributed by atoms with van der Waals surface area (Å²) in [5, 5.41) is 11.8. The summed E-state index contributed by atoms with van der Waals surface area (Å²) in [6.45, 7) is 0.863. The van der Waals surface area contributed by atoms with Crippen molar-refractivity contribution < 1.29 is 14.7 Å². The van der Waals surface area contributed by atoms with Crippen molar-refractivity contribution in [1.29, 1.82) is 0 Å². The van der Waals surface area contributed by atoms with E-state index in [0.717, 1.165) is 12.8 Å². The first-order chi connectivity index (χ1) is 7.12. The number of carbonyl (C=O) groups excluding carboxylic acids is 2. The van der Waals surface area contributed by atoms with Crippen molar-refractivity contribution in [3.8, 4) is 0 Å². The summed E-state index contributed by atoms with van der Waals surface area (Å²) >= 11 is 0. The van der Waals surface area contributed by atoms with Crippen molar-refractivity contribution >= 4 is 11.8 Å². The number of rotatable bonds is 3. The van der Waals surface area contributed by atoms with E-state index in [1.807, 2.05) is 0 Å². The molecule has 2 heterocycles. The Morgan fingerprint density at radius 3 is 2.87 bits per heavy atom. The molecule has 6 heteroatoms. The second-order valence-corrected chi connectivity index (χ2v) is 4.11. The van der Waals surface area contributed by atoms with Crippen molar-refractivity contribution in [3.05, 3.63) is 0 Å². The highest BCUT2D eigenvalue weighted by atomic mass is 16.3. The van der Waals surface area contributed by atoms with Crippen LogP contribution in [0.4, 0.5) is 0 Å². The fraction of sp³-hybridized carbons (Fsp3) is 0.778. The van der Waals surface area contributed by atoms with E-state index in [4.69, 9.17) is 10.8 Å². The molecule has 0 radical (unpaired) electrons. The Morgan fingerprint density at radius 1 is 1.73 bits per heavy atom. The van der Waals surface area contributed by atoms with Gasteiger partial charge in [-0.25, -0.2) is 0 Å². The molecule has 15 heavy (non-hydrogen) atoms. The highest BCUT2D eigenvalue weighted by Gasteiger charge is 2.56. The Labute approximate surface area is 87.4 Å². The Bertz CT molecular complexity index is 307. The first kappa shape index (κ1) is 10.4. The summed E-state index contributed by atoms with van der Waals surface area (Å²) in [6, 6.07) is -0.737. The predicted molar refractivity (Wildman–Crippen MR) is 51.7 cm³/mol. The van der Waals surface area contributed by atoms with Gasteiger partial charge < -0.3 is 16.2 Å². The second kappa shape index (κ2) is 3.46. The van der Waals surface area contributed by atoms with Gasteiger partial charge in [0.05, 0.1) is 6.61 Å². The van der Waals surface area contributed by atoms with Crippen LogP contribution >= 0.6 is 0 Å². The summed E-state index contributed by atoms with van der Waals surface area (Å²) in [5.74, 6) is -0.627. The Morgan fingerprint density at radius 2 is 2.47 bits per heavy atom. The standard InChI is InChI=1S/C9H15N3O3/c10-7(14)6(4-13)12-3-1-2-9(12)5-11-8(9)15/h6,13H,1-5H2,(H2,10,14)(H,11,15). The second-order valence-electron chi connectivity index (χ2n) is 4.11. The number of β-lactam (4-membered cyclic amide) rings is 1. The van der Waals surface area contributed by atoms with E-state index in [0.29, 0.717) is 13.1 Å². The molecule has 84 valence electrons. The van der Waals surface area contributed by atoms with Gasteiger partial charge in [-0.15, -0.1) is 0 Å². The molecule has 2 saturated heterocycles. The smallest absolute Gasteiger partial charge is 0.242 e. The third-order valence-electron chi connectivity index (χ3n) is 3.38. The lowest BCUT2D eigenvalue weighted by molar-refractivity contribution is -0.146. The van der Waals surface area contributed by atoms with Gasteiger partial charge in [-0.3, -0.25) is 14.5 Å². The van der Waals surface area contributed by atoms with Crippen LogP contribution in [0.25, 0.3) is 0 Å². The minimum atomic E-state index is -0.737. The predicted octanol–water partition coefficient (Wildman–Crippen LogP) is -2.20. The highest BCUT2D eigenvalue weighted by Crippen LogP contribution is 2.35. The van der Waals surface area contributed by atoms with Gasteiger partial charge in [-0.05, 0) is 12.8 Å². The maximum Gasteiger partial charge on any atom is 0.242 e. The fourth-order valence-corrected chi connectivity index (χ4v) is 2.49. The third-order valence-corrected chi connectivity index (χ3v) is 3.38. The number of hydrogen-bond donors (Lipinski definition) is 3. The van der Waals surface area contributed by atoms with Gasteiger partial charge in [0.1, 0.15) is 11.6 Å². The molecule has 2 unspecified atom stereocenters. The lowest BCUT2D eigenvalue weighted by atomic mass is 9.87. The largest absolute Gasteiger partial charge is 0.394 e. The van der Waals surface area contributed by atoms with Crippen LogP contribution in [0.1, 0.15) is 12.8 Å². The topological polar surface area (TPSA) is 95.7 Å². The molecule has 6 nitrogen and oxygen atoms in total. The van der Waals surface area contributed by atoms with E-state index in [9.17, 15) is 9.59 Å². The molecule has 0 aromatic carbocycles. The number of primary amides is 1. The number of aliphatic hydroxyl groups excluding tert-OH is 1. The SMILES string of the molecule is NC(=O)C(CO)N1CCCC12CNC2=O. The lowest BCUT2D eigenvalue weighted by Gasteiger charge is -2.46. The van der Waals surface area contributed by atoms with Crippen LogP contribution in [-0.4, -0.2) is 53.1 Å². The number of nitrogens with one attached hydrogen (secondary N) is 1. The summed E-state index contributed by atoms with van der Waals surface area (Å²) in [4.78, 5) is 24.4. The van der Waals surface area contributed by atoms with Crippen LogP contribution in [0.3, 0.4) is 0 Å². The van der Waals surface area contributed by atoms with Crippen molar-refractivity contribution in [2.45, 2.75) is 24.4 Å². The Hall–Kier alpha value is -1.14. The zero-order valence-corrected chi connectivity index (χ0v) is 8.40. The summed E-state index contributed by atoms with van der Waals surface area (Å²) in [5.41, 5.74) is 4.62. The monoisotopic (exact) mass is 213 g/mol. The third kappa shape index (κ3) is 1.32. The Kier molecular flexibility index (Phi) is 2.40. The van der Waals surface area contributed by atoms with Crippen LogP contribution in [-0.2, 0) is 9.59 Å². The molecule has 0 saturated carbocycles. The first-order valence-corrected chi connectivity index (χ1v) is 5.07. The van der Waals surface area contributed by atoms with Gasteiger partial charge in [0.25, 0.3) is 0 Å². The van der Waals surface area contributed by atoms with Crippen molar-refractivity contribution in [2.75, 3.05) is 19.7 Å². The normalized spacial score (nSPS) is 32.5. The van der Waals surface area contributed by atoms with Gasteiger partial charge in [0.2, 0.25) is 11.8 Å². The van der Waals surface area contributed by atoms with Crippen LogP contribution in [0, 0.1) is 0 Å². The van der Waals surface area contributed by atoms with E-state index < -0.39 is 17.5 Å². The number of likely N-dealkylation sites (tertiary alicyclic amines) is 1. The average Bonchev–Trinajstić information content (AvgIpc) is 2.63. The van der Waals surface area contributed by atoms with Gasteiger partial charge in [-0.2, -0.15) is 0 Å². The number of aliphatic hydroxyl groups is 1. The fourth-order valence-electron chi connectivity index (χ4n) is 2.49. The van der Waals surface area contributed by atoms with Crippen LogP contribution in [0.15, 0.2) is 0 Å². The summed E-state index contributed by atoms with van der Waals surface area (Å²) < 4.78 is 0. The molecule has 2 rings (SSSR count). The number of nitrogens with zero attached hydrogens (tertiary/aromatic N) is 1. The van der Waals surface area contributed by atoms with E-state index in [2.05, 4.69) is 5.32 Å². The van der Waals surface area contributed by atoms with Gasteiger partial charge >= 0.3 is 0 Å². The van der Waals surface area contributed by atoms with Crippen LogP contribution in [0.5, 0.6) is 0 Å². The molecule has 0 aromatic rings. The number of carbonyl (C=O) groups is 2. The molecule has 2 fully saturated rings. The zero-order valence-electron chi connectivity index (χ0n) is 8.40. The molecule has 0 aromatic heterocycles. The quantitative estimate of drug-likeness (QED) is 0.463. The maximum absolute atomic E-state index is 11.5. The van der Waals surface area contributed by atoms with Gasteiger partial charge in [-0.1, -0.05) is 0 Å². The molecule has 0 aliphatic carbocycles. The summed E-state index contributed by atoms with van der Waals surface area (Å²) in [6.07, 6.45) is 1.60. The van der Waals surface area contributed by atoms with Gasteiger partial charge in [0, 0.05) is 13.1 Å².